The summed E-state index contributed by atoms with van der Waals surface area (Å²) >= 11 is 6.16. The molecular weight excluding hydrogens is 300 g/mol. The van der Waals surface area contributed by atoms with Gasteiger partial charge in [0.25, 0.3) is 0 Å². The number of fused-ring (bicyclic) bond motifs is 1. The molecule has 0 radical (unpaired) electrons. The van der Waals surface area contributed by atoms with E-state index < -0.39 is 0 Å². The molecule has 3 aromatic rings. The fourth-order valence-corrected chi connectivity index (χ4v) is 2.80. The number of pyridine rings is 1. The van der Waals surface area contributed by atoms with Crippen LogP contribution < -0.4 is 9.47 Å². The summed E-state index contributed by atoms with van der Waals surface area (Å²) in [4.78, 5) is 4.73. The lowest BCUT2D eigenvalue weighted by Gasteiger charge is -2.09. The van der Waals surface area contributed by atoms with Crippen molar-refractivity contribution >= 4 is 17.2 Å². The van der Waals surface area contributed by atoms with Crippen LogP contribution in [0, 0.1) is 6.92 Å². The van der Waals surface area contributed by atoms with E-state index >= 15 is 0 Å². The molecule has 114 valence electrons. The molecule has 0 aliphatic carbocycles. The van der Waals surface area contributed by atoms with Gasteiger partial charge in [0.1, 0.15) is 5.65 Å². The number of methoxy groups -OCH3 is 2. The average molecular weight is 317 g/mol. The van der Waals surface area contributed by atoms with E-state index in [9.17, 15) is 0 Å². The molecule has 0 amide bonds. The van der Waals surface area contributed by atoms with Crippen molar-refractivity contribution in [2.24, 2.45) is 0 Å². The van der Waals surface area contributed by atoms with Gasteiger partial charge < -0.3 is 13.9 Å². The summed E-state index contributed by atoms with van der Waals surface area (Å²) in [6, 6.07) is 9.85. The Morgan fingerprint density at radius 3 is 2.55 bits per heavy atom. The van der Waals surface area contributed by atoms with Gasteiger partial charge in [-0.15, -0.1) is 11.6 Å². The Morgan fingerprint density at radius 1 is 1.09 bits per heavy atom. The van der Waals surface area contributed by atoms with E-state index in [2.05, 4.69) is 0 Å². The average Bonchev–Trinajstić information content (AvgIpc) is 2.91. The number of nitrogens with zero attached hydrogens (tertiary/aromatic N) is 2. The Morgan fingerprint density at radius 2 is 1.86 bits per heavy atom. The van der Waals surface area contributed by atoms with E-state index in [1.165, 1.54) is 0 Å². The number of ether oxygens (including phenoxy) is 2. The number of alkyl halides is 1. The number of halogens is 1. The highest BCUT2D eigenvalue weighted by Crippen LogP contribution is 2.34. The van der Waals surface area contributed by atoms with E-state index in [-0.39, 0.29) is 0 Å². The number of aromatic nitrogens is 2. The molecule has 0 bridgehead atoms. The minimum atomic E-state index is 0.383. The summed E-state index contributed by atoms with van der Waals surface area (Å²) in [5.74, 6) is 1.75. The summed E-state index contributed by atoms with van der Waals surface area (Å²) in [6.07, 6.45) is 2.00. The van der Waals surface area contributed by atoms with Crippen LogP contribution in [-0.4, -0.2) is 23.6 Å². The first-order chi connectivity index (χ1) is 10.7. The molecule has 2 aromatic heterocycles. The van der Waals surface area contributed by atoms with Crippen molar-refractivity contribution in [3.63, 3.8) is 0 Å². The van der Waals surface area contributed by atoms with Crippen LogP contribution in [0.1, 0.15) is 11.3 Å². The molecule has 0 aliphatic heterocycles. The van der Waals surface area contributed by atoms with Gasteiger partial charge >= 0.3 is 0 Å². The molecule has 5 heteroatoms. The molecule has 3 rings (SSSR count). The van der Waals surface area contributed by atoms with Gasteiger partial charge in [0.2, 0.25) is 0 Å². The molecule has 2 heterocycles. The second kappa shape index (κ2) is 5.89. The Bertz CT molecular complexity index is 827. The maximum absolute atomic E-state index is 6.16. The highest BCUT2D eigenvalue weighted by Gasteiger charge is 2.15. The van der Waals surface area contributed by atoms with Crippen LogP contribution in [0.3, 0.4) is 0 Å². The SMILES string of the molecule is COc1ccc(-c2nc3cc(C)ccn3c2CCl)cc1OC. The van der Waals surface area contributed by atoms with Crippen LogP contribution in [0.15, 0.2) is 36.5 Å². The number of benzene rings is 1. The molecule has 0 saturated heterocycles. The molecule has 0 saturated carbocycles. The predicted octanol–water partition coefficient (Wildman–Crippen LogP) is 4.07. The van der Waals surface area contributed by atoms with Gasteiger partial charge in [-0.1, -0.05) is 0 Å². The normalized spacial score (nSPS) is 10.9. The van der Waals surface area contributed by atoms with Crippen molar-refractivity contribution in [3.8, 4) is 22.8 Å². The maximum atomic E-state index is 6.16. The van der Waals surface area contributed by atoms with E-state index in [1.807, 2.05) is 47.9 Å². The van der Waals surface area contributed by atoms with Gasteiger partial charge in [0.15, 0.2) is 11.5 Å². The Labute approximate surface area is 134 Å². The van der Waals surface area contributed by atoms with E-state index in [1.54, 1.807) is 14.2 Å². The van der Waals surface area contributed by atoms with Gasteiger partial charge in [-0.3, -0.25) is 0 Å². The van der Waals surface area contributed by atoms with Gasteiger partial charge in [-0.05, 0) is 42.8 Å². The van der Waals surface area contributed by atoms with Gasteiger partial charge in [0.05, 0.1) is 31.5 Å². The molecule has 1 aromatic carbocycles. The van der Waals surface area contributed by atoms with Gasteiger partial charge in [0, 0.05) is 11.8 Å². The zero-order valence-electron chi connectivity index (χ0n) is 12.8. The number of hydrogen-bond acceptors (Lipinski definition) is 3. The van der Waals surface area contributed by atoms with Crippen molar-refractivity contribution in [2.45, 2.75) is 12.8 Å². The molecule has 4 nitrogen and oxygen atoms in total. The minimum Gasteiger partial charge on any atom is -0.493 e. The Hall–Kier alpha value is -2.20. The lowest BCUT2D eigenvalue weighted by atomic mass is 10.1. The predicted molar refractivity (Wildman–Crippen MR) is 88.0 cm³/mol. The third-order valence-corrected chi connectivity index (χ3v) is 3.92. The second-order valence-corrected chi connectivity index (χ2v) is 5.31. The molecular formula is C17H17ClN2O2. The topological polar surface area (TPSA) is 35.8 Å². The minimum absolute atomic E-state index is 0.383. The number of aryl methyl sites for hydroxylation is 1. The van der Waals surface area contributed by atoms with Crippen molar-refractivity contribution < 1.29 is 9.47 Å². The third kappa shape index (κ3) is 2.40. The summed E-state index contributed by atoms with van der Waals surface area (Å²) in [6.45, 7) is 2.05. The first-order valence-corrected chi connectivity index (χ1v) is 7.47. The summed E-state index contributed by atoms with van der Waals surface area (Å²) in [5, 5.41) is 0. The lowest BCUT2D eigenvalue weighted by molar-refractivity contribution is 0.355. The zero-order valence-corrected chi connectivity index (χ0v) is 13.5. The molecule has 0 aliphatic rings. The van der Waals surface area contributed by atoms with Crippen molar-refractivity contribution in [1.82, 2.24) is 9.38 Å². The first-order valence-electron chi connectivity index (χ1n) is 6.94. The van der Waals surface area contributed by atoms with E-state index in [0.29, 0.717) is 17.4 Å². The molecule has 0 unspecified atom stereocenters. The van der Waals surface area contributed by atoms with E-state index in [4.69, 9.17) is 26.1 Å². The van der Waals surface area contributed by atoms with Crippen LogP contribution in [0.2, 0.25) is 0 Å². The van der Waals surface area contributed by atoms with Crippen molar-refractivity contribution in [3.05, 3.63) is 47.8 Å². The maximum Gasteiger partial charge on any atom is 0.161 e. The van der Waals surface area contributed by atoms with Crippen molar-refractivity contribution in [1.29, 1.82) is 0 Å². The molecule has 0 atom stereocenters. The molecule has 22 heavy (non-hydrogen) atoms. The van der Waals surface area contributed by atoms with Gasteiger partial charge in [-0.2, -0.15) is 0 Å². The lowest BCUT2D eigenvalue weighted by Crippen LogP contribution is -1.93. The molecule has 0 fully saturated rings. The monoisotopic (exact) mass is 316 g/mol. The number of imidazole rings is 1. The smallest absolute Gasteiger partial charge is 0.161 e. The second-order valence-electron chi connectivity index (χ2n) is 5.04. The Balaban J connectivity index is 2.21. The molecule has 0 N–H and O–H groups in total. The van der Waals surface area contributed by atoms with Crippen molar-refractivity contribution in [2.75, 3.05) is 14.2 Å². The fourth-order valence-electron chi connectivity index (χ4n) is 2.54. The quantitative estimate of drug-likeness (QED) is 0.681. The highest BCUT2D eigenvalue weighted by molar-refractivity contribution is 6.17. The summed E-state index contributed by atoms with van der Waals surface area (Å²) < 4.78 is 12.7. The van der Waals surface area contributed by atoms with Crippen LogP contribution in [-0.2, 0) is 5.88 Å². The van der Waals surface area contributed by atoms with Crippen LogP contribution in [0.4, 0.5) is 0 Å². The van der Waals surface area contributed by atoms with Crippen LogP contribution in [0.25, 0.3) is 16.9 Å². The first kappa shape index (κ1) is 14.7. The Kier molecular flexibility index (Phi) is 3.94. The summed E-state index contributed by atoms with van der Waals surface area (Å²) in [7, 11) is 3.24. The van der Waals surface area contributed by atoms with E-state index in [0.717, 1.165) is 28.2 Å². The number of rotatable bonds is 4. The largest absolute Gasteiger partial charge is 0.493 e. The fraction of sp³-hybridized carbons (Fsp3) is 0.235. The number of hydrogen-bond donors (Lipinski definition) is 0. The van der Waals surface area contributed by atoms with Crippen LogP contribution >= 0.6 is 11.6 Å². The highest BCUT2D eigenvalue weighted by atomic mass is 35.5. The zero-order chi connectivity index (χ0) is 15.7. The summed E-state index contributed by atoms with van der Waals surface area (Å²) in [5.41, 5.74) is 4.83. The standard InChI is InChI=1S/C17H17ClN2O2/c1-11-6-7-20-13(10-18)17(19-16(20)8-11)12-4-5-14(21-2)15(9-12)22-3/h4-9H,10H2,1-3H3. The van der Waals surface area contributed by atoms with Gasteiger partial charge in [-0.25, -0.2) is 4.98 Å². The third-order valence-electron chi connectivity index (χ3n) is 3.66. The van der Waals surface area contributed by atoms with Crippen LogP contribution in [0.5, 0.6) is 11.5 Å². The molecule has 0 spiro atoms.